The second-order valence-corrected chi connectivity index (χ2v) is 10.6. The zero-order valence-corrected chi connectivity index (χ0v) is 21.8. The largest absolute Gasteiger partial charge is 1.00 e. The molecule has 2 aliphatic heterocycles. The van der Waals surface area contributed by atoms with Gasteiger partial charge in [0, 0.05) is 17.2 Å². The van der Waals surface area contributed by atoms with Crippen molar-refractivity contribution in [2.75, 3.05) is 23.7 Å². The van der Waals surface area contributed by atoms with Crippen LogP contribution in [0, 0.1) is 0 Å². The van der Waals surface area contributed by atoms with E-state index in [1.807, 2.05) is 29.2 Å². The fourth-order valence-electron chi connectivity index (χ4n) is 2.89. The number of para-hydroxylation sites is 1. The summed E-state index contributed by atoms with van der Waals surface area (Å²) in [4.78, 5) is 27.7. The van der Waals surface area contributed by atoms with Gasteiger partial charge in [0.1, 0.15) is 10.9 Å². The van der Waals surface area contributed by atoms with Crippen LogP contribution in [0.5, 0.6) is 0 Å². The first-order valence-corrected chi connectivity index (χ1v) is 12.4. The molecule has 0 radical (unpaired) electrons. The predicted octanol–water partition coefficient (Wildman–Crippen LogP) is -0.402. The molecule has 1 aromatic carbocycles. The summed E-state index contributed by atoms with van der Waals surface area (Å²) < 4.78 is 32.6. The predicted molar refractivity (Wildman–Crippen MR) is 119 cm³/mol. The number of unbranched alkanes of at least 4 members (excludes halogenated alkanes) is 1. The molecule has 1 amide bonds. The Morgan fingerprint density at radius 3 is 2.55 bits per heavy atom. The Hall–Kier alpha value is -0.860. The third-order valence-corrected chi connectivity index (χ3v) is 7.52. The number of nitrogens with zero attached hydrogens (tertiary/aromatic N) is 2. The number of hydrogen-bond donors (Lipinski definition) is 1. The summed E-state index contributed by atoms with van der Waals surface area (Å²) in [5.41, 5.74) is 0.963. The van der Waals surface area contributed by atoms with Crippen molar-refractivity contribution in [1.29, 1.82) is 0 Å². The van der Waals surface area contributed by atoms with Crippen molar-refractivity contribution in [3.8, 4) is 0 Å². The molecular weight excluding hydrogens is 491 g/mol. The quantitative estimate of drug-likeness (QED) is 0.163. The minimum atomic E-state index is -4.24. The molecule has 31 heavy (non-hydrogen) atoms. The van der Waals surface area contributed by atoms with E-state index >= 15 is 0 Å². The van der Waals surface area contributed by atoms with E-state index < -0.39 is 34.3 Å². The number of allylic oxidation sites excluding steroid dienone is 2. The van der Waals surface area contributed by atoms with Gasteiger partial charge in [0.15, 0.2) is 0 Å². The van der Waals surface area contributed by atoms with Gasteiger partial charge in [-0.05, 0) is 37.1 Å². The van der Waals surface area contributed by atoms with Crippen molar-refractivity contribution < 1.29 is 57.2 Å². The standard InChI is InChI=1S/C18H18N2O6S4.Na/c21-16(22)11-20-17(23)14(29-18(20)27)7-8-15-19(9-3-4-10-30(24,25)26)12-5-1-2-6-13(12)28-15;/h1-2,5-8H,3-4,9-11H2,(H,21,22)(H,24,25,26);/q;+1/p-1. The van der Waals surface area contributed by atoms with Crippen LogP contribution in [0.1, 0.15) is 12.8 Å². The van der Waals surface area contributed by atoms with Gasteiger partial charge >= 0.3 is 35.5 Å². The number of carboxylic acids is 1. The molecule has 0 atom stereocenters. The average Bonchev–Trinajstić information content (AvgIpc) is 3.14. The molecule has 2 heterocycles. The Morgan fingerprint density at radius 1 is 1.16 bits per heavy atom. The fraction of sp³-hybridized carbons (Fsp3) is 0.278. The van der Waals surface area contributed by atoms with E-state index in [1.165, 1.54) is 11.8 Å². The van der Waals surface area contributed by atoms with Crippen molar-refractivity contribution in [1.82, 2.24) is 4.90 Å². The van der Waals surface area contributed by atoms with Crippen LogP contribution in [-0.2, 0) is 19.7 Å². The van der Waals surface area contributed by atoms with Gasteiger partial charge in [-0.3, -0.25) is 14.5 Å². The monoisotopic (exact) mass is 508 g/mol. The topological polar surface area (TPSA) is 118 Å². The number of hydrogen-bond acceptors (Lipinski definition) is 9. The van der Waals surface area contributed by atoms with Gasteiger partial charge in [-0.1, -0.05) is 47.9 Å². The van der Waals surface area contributed by atoms with E-state index in [0.29, 0.717) is 17.9 Å². The van der Waals surface area contributed by atoms with E-state index in [4.69, 9.17) is 17.3 Å². The second kappa shape index (κ2) is 11.3. The van der Waals surface area contributed by atoms with Crippen LogP contribution in [0.25, 0.3) is 0 Å². The van der Waals surface area contributed by atoms with Crippen LogP contribution in [0.2, 0.25) is 0 Å². The molecule has 160 valence electrons. The number of thioether (sulfide) groups is 2. The van der Waals surface area contributed by atoms with Crippen LogP contribution in [0.15, 0.2) is 51.2 Å². The maximum Gasteiger partial charge on any atom is 1.00 e. The summed E-state index contributed by atoms with van der Waals surface area (Å²) in [7, 11) is -4.24. The summed E-state index contributed by atoms with van der Waals surface area (Å²) in [6, 6.07) is 7.71. The van der Waals surface area contributed by atoms with Crippen LogP contribution in [0.3, 0.4) is 0 Å². The van der Waals surface area contributed by atoms with Crippen molar-refractivity contribution in [2.45, 2.75) is 17.7 Å². The molecule has 3 rings (SSSR count). The van der Waals surface area contributed by atoms with Gasteiger partial charge in [-0.2, -0.15) is 0 Å². The van der Waals surface area contributed by atoms with Crippen LogP contribution < -0.4 is 34.5 Å². The first-order valence-electron chi connectivity index (χ1n) is 8.81. The van der Waals surface area contributed by atoms with Gasteiger partial charge in [-0.25, -0.2) is 8.42 Å². The number of thiocarbonyl (C=S) groups is 1. The molecule has 0 bridgehead atoms. The molecule has 0 spiro atoms. The van der Waals surface area contributed by atoms with Crippen LogP contribution >= 0.6 is 35.7 Å². The normalized spacial score (nSPS) is 18.6. The van der Waals surface area contributed by atoms with Gasteiger partial charge in [0.25, 0.3) is 5.91 Å². The molecular formula is C18H17N2NaO6S4. The van der Waals surface area contributed by atoms with E-state index in [1.54, 1.807) is 12.2 Å². The molecule has 0 saturated carbocycles. The molecule has 0 aromatic heterocycles. The zero-order valence-electron chi connectivity index (χ0n) is 16.5. The molecule has 13 heteroatoms. The number of benzene rings is 1. The van der Waals surface area contributed by atoms with E-state index in [2.05, 4.69) is 0 Å². The molecule has 1 saturated heterocycles. The smallest absolute Gasteiger partial charge is 0.748 e. The first kappa shape index (κ1) is 26.4. The Morgan fingerprint density at radius 2 is 1.87 bits per heavy atom. The molecule has 0 unspecified atom stereocenters. The summed E-state index contributed by atoms with van der Waals surface area (Å²) in [5.74, 6) is -1.99. The van der Waals surface area contributed by atoms with Gasteiger partial charge < -0.3 is 14.6 Å². The van der Waals surface area contributed by atoms with Crippen LogP contribution in [0.4, 0.5) is 5.69 Å². The number of aliphatic carboxylic acids is 1. The Kier molecular flexibility index (Phi) is 9.64. The van der Waals surface area contributed by atoms with E-state index in [-0.39, 0.29) is 40.3 Å². The molecule has 0 aliphatic carbocycles. The Bertz CT molecular complexity index is 1060. The molecule has 2 aliphatic rings. The van der Waals surface area contributed by atoms with Gasteiger partial charge in [0.2, 0.25) is 0 Å². The fourth-order valence-corrected chi connectivity index (χ4v) is 5.73. The maximum absolute atomic E-state index is 12.4. The third-order valence-electron chi connectivity index (χ3n) is 4.21. The average molecular weight is 509 g/mol. The minimum Gasteiger partial charge on any atom is -0.748 e. The van der Waals surface area contributed by atoms with Gasteiger partial charge in [-0.15, -0.1) is 0 Å². The number of carbonyl (C=O) groups is 2. The van der Waals surface area contributed by atoms with Crippen molar-refractivity contribution in [3.63, 3.8) is 0 Å². The van der Waals surface area contributed by atoms with Gasteiger partial charge in [0.05, 0.1) is 25.7 Å². The number of carbonyl (C=O) groups excluding carboxylic acids is 1. The summed E-state index contributed by atoms with van der Waals surface area (Å²) in [6.45, 7) is 0.0344. The van der Waals surface area contributed by atoms with Crippen molar-refractivity contribution >= 4 is 67.7 Å². The van der Waals surface area contributed by atoms with Crippen molar-refractivity contribution in [3.05, 3.63) is 46.4 Å². The van der Waals surface area contributed by atoms with Crippen molar-refractivity contribution in [2.24, 2.45) is 0 Å². The number of amides is 1. The molecule has 1 aromatic rings. The first-order chi connectivity index (χ1) is 14.2. The number of fused-ring (bicyclic) bond motifs is 1. The molecule has 1 N–H and O–H groups in total. The van der Waals surface area contributed by atoms with Crippen LogP contribution in [-0.4, -0.2) is 58.0 Å². The number of rotatable bonds is 8. The Labute approximate surface area is 216 Å². The Balaban J connectivity index is 0.00000341. The SMILES string of the molecule is O=C(O)CN1C(=O)C(=CC=C2Sc3ccccc3N2CCCCS(=O)(=O)[O-])SC1=S.[Na+]. The third kappa shape index (κ3) is 7.06. The molecule has 1 fully saturated rings. The van der Waals surface area contributed by atoms with E-state index in [0.717, 1.165) is 32.3 Å². The number of carboxylic acid groups (broad SMARTS) is 1. The second-order valence-electron chi connectivity index (χ2n) is 6.38. The zero-order chi connectivity index (χ0) is 21.9. The minimum absolute atomic E-state index is 0. The van der Waals surface area contributed by atoms with E-state index in [9.17, 15) is 22.6 Å². The maximum atomic E-state index is 12.4. The molecule has 8 nitrogen and oxygen atoms in total. The summed E-state index contributed by atoms with van der Waals surface area (Å²) >= 11 is 7.65. The number of anilines is 1. The summed E-state index contributed by atoms with van der Waals surface area (Å²) in [6.07, 6.45) is 4.15. The summed E-state index contributed by atoms with van der Waals surface area (Å²) in [5, 5.41) is 9.76.